The van der Waals surface area contributed by atoms with E-state index in [0.717, 1.165) is 11.8 Å². The second kappa shape index (κ2) is 23.3. The van der Waals surface area contributed by atoms with E-state index in [-0.39, 0.29) is 0 Å². The van der Waals surface area contributed by atoms with E-state index in [1.165, 1.54) is 141 Å². The summed E-state index contributed by atoms with van der Waals surface area (Å²) in [5, 5.41) is 0. The van der Waals surface area contributed by atoms with Gasteiger partial charge in [0.1, 0.15) is 0 Å². The molecule has 2 unspecified atom stereocenters. The van der Waals surface area contributed by atoms with Gasteiger partial charge in [0.25, 0.3) is 0 Å². The van der Waals surface area contributed by atoms with Crippen LogP contribution in [-0.4, -0.2) is 0 Å². The van der Waals surface area contributed by atoms with Gasteiger partial charge in [-0.05, 0) is 11.8 Å². The predicted molar refractivity (Wildman–Crippen MR) is 131 cm³/mol. The highest BCUT2D eigenvalue weighted by atomic mass is 14.2. The molecule has 0 amide bonds. The molecule has 0 saturated heterocycles. The molecule has 0 bridgehead atoms. The summed E-state index contributed by atoms with van der Waals surface area (Å²) in [4.78, 5) is 0. The molecule has 0 nitrogen and oxygen atoms in total. The van der Waals surface area contributed by atoms with Crippen molar-refractivity contribution in [2.45, 2.75) is 169 Å². The van der Waals surface area contributed by atoms with Crippen LogP contribution in [0.2, 0.25) is 0 Å². The maximum atomic E-state index is 2.50. The fraction of sp³-hybridized carbons (Fsp3) is 1.00. The van der Waals surface area contributed by atoms with Crippen LogP contribution in [-0.2, 0) is 0 Å². The van der Waals surface area contributed by atoms with Crippen molar-refractivity contribution in [2.75, 3.05) is 0 Å². The lowest BCUT2D eigenvalue weighted by molar-refractivity contribution is 0.322. The van der Waals surface area contributed by atoms with Crippen LogP contribution in [0.3, 0.4) is 0 Å². The van der Waals surface area contributed by atoms with Gasteiger partial charge in [-0.25, -0.2) is 0 Å². The molecule has 0 radical (unpaired) electrons. The Kier molecular flexibility index (Phi) is 23.3. The number of hydrogen-bond donors (Lipinski definition) is 0. The van der Waals surface area contributed by atoms with Crippen LogP contribution in [0.15, 0.2) is 0 Å². The zero-order chi connectivity index (χ0) is 20.7. The van der Waals surface area contributed by atoms with Gasteiger partial charge in [-0.3, -0.25) is 0 Å². The van der Waals surface area contributed by atoms with Crippen LogP contribution in [0, 0.1) is 11.8 Å². The summed E-state index contributed by atoms with van der Waals surface area (Å²) in [5.74, 6) is 1.88. The van der Waals surface area contributed by atoms with E-state index in [0.29, 0.717) is 0 Å². The Morgan fingerprint density at radius 2 is 0.536 bits per heavy atom. The lowest BCUT2D eigenvalue weighted by Gasteiger charge is -2.19. The topological polar surface area (TPSA) is 0 Å². The molecular weight excluding hydrogens is 336 g/mol. The quantitative estimate of drug-likeness (QED) is 0.151. The van der Waals surface area contributed by atoms with E-state index < -0.39 is 0 Å². The third-order valence-electron chi connectivity index (χ3n) is 7.00. The van der Waals surface area contributed by atoms with E-state index in [9.17, 15) is 0 Å². The first-order valence-corrected chi connectivity index (χ1v) is 13.7. The van der Waals surface area contributed by atoms with Gasteiger partial charge in [0.15, 0.2) is 0 Å². The molecule has 0 spiro atoms. The molecule has 0 aromatic heterocycles. The van der Waals surface area contributed by atoms with E-state index in [1.807, 2.05) is 0 Å². The first-order chi connectivity index (χ1) is 13.7. The fourth-order valence-electron chi connectivity index (χ4n) is 4.48. The number of rotatable bonds is 23. The molecule has 0 rings (SSSR count). The molecule has 0 heterocycles. The lowest BCUT2D eigenvalue weighted by atomic mass is 9.86. The Morgan fingerprint density at radius 3 is 0.786 bits per heavy atom. The molecule has 170 valence electrons. The maximum Gasteiger partial charge on any atom is -0.0417 e. The van der Waals surface area contributed by atoms with Crippen LogP contribution in [0.5, 0.6) is 0 Å². The minimum atomic E-state index is 0.938. The highest BCUT2D eigenvalue weighted by molar-refractivity contribution is 4.63. The van der Waals surface area contributed by atoms with Gasteiger partial charge in [-0.1, -0.05) is 169 Å². The normalized spacial score (nSPS) is 13.7. The minimum Gasteiger partial charge on any atom is -0.0654 e. The zero-order valence-electron chi connectivity index (χ0n) is 20.7. The predicted octanol–water partition coefficient (Wildman–Crippen LogP) is 10.9. The third-order valence-corrected chi connectivity index (χ3v) is 7.00. The summed E-state index contributed by atoms with van der Waals surface area (Å²) in [7, 11) is 0. The summed E-state index contributed by atoms with van der Waals surface area (Å²) in [5.41, 5.74) is 0. The SMILES string of the molecule is CCCCCCCCCCCCCCCCC(C)C(C)CCCCCCCC. The van der Waals surface area contributed by atoms with Gasteiger partial charge < -0.3 is 0 Å². The molecule has 0 fully saturated rings. The summed E-state index contributed by atoms with van der Waals surface area (Å²) in [6, 6.07) is 0. The molecule has 0 N–H and O–H groups in total. The third kappa shape index (κ3) is 20.7. The first-order valence-electron chi connectivity index (χ1n) is 13.7. The lowest BCUT2D eigenvalue weighted by Crippen LogP contribution is -2.08. The zero-order valence-corrected chi connectivity index (χ0v) is 20.7. The van der Waals surface area contributed by atoms with Gasteiger partial charge in [0, 0.05) is 0 Å². The first kappa shape index (κ1) is 28.0. The minimum absolute atomic E-state index is 0.938. The van der Waals surface area contributed by atoms with Crippen LogP contribution in [0.1, 0.15) is 169 Å². The molecule has 0 aliphatic rings. The van der Waals surface area contributed by atoms with Gasteiger partial charge >= 0.3 is 0 Å². The second-order valence-corrected chi connectivity index (χ2v) is 9.90. The van der Waals surface area contributed by atoms with Crippen molar-refractivity contribution >= 4 is 0 Å². The van der Waals surface area contributed by atoms with E-state index in [4.69, 9.17) is 0 Å². The number of unbranched alkanes of at least 4 members (excludes halogenated alkanes) is 18. The fourth-order valence-corrected chi connectivity index (χ4v) is 4.48. The molecule has 0 heteroatoms. The number of hydrogen-bond acceptors (Lipinski definition) is 0. The van der Waals surface area contributed by atoms with Gasteiger partial charge in [0.05, 0.1) is 0 Å². The molecule has 0 aromatic rings. The average Bonchev–Trinajstić information content (AvgIpc) is 2.70. The van der Waals surface area contributed by atoms with Crippen LogP contribution >= 0.6 is 0 Å². The van der Waals surface area contributed by atoms with Gasteiger partial charge in [-0.15, -0.1) is 0 Å². The molecule has 2 atom stereocenters. The van der Waals surface area contributed by atoms with Crippen molar-refractivity contribution in [3.05, 3.63) is 0 Å². The summed E-state index contributed by atoms with van der Waals surface area (Å²) < 4.78 is 0. The highest BCUT2D eigenvalue weighted by Gasteiger charge is 2.11. The second-order valence-electron chi connectivity index (χ2n) is 9.90. The van der Waals surface area contributed by atoms with Crippen LogP contribution < -0.4 is 0 Å². The Bertz CT molecular complexity index is 269. The summed E-state index contributed by atoms with van der Waals surface area (Å²) in [6.07, 6.45) is 32.2. The Morgan fingerprint density at radius 1 is 0.321 bits per heavy atom. The smallest absolute Gasteiger partial charge is 0.0417 e. The van der Waals surface area contributed by atoms with Crippen LogP contribution in [0.25, 0.3) is 0 Å². The standard InChI is InChI=1S/C28H58/c1-5-7-9-11-13-14-15-16-17-18-19-20-22-24-26-28(4)27(3)25-23-21-12-10-8-6-2/h27-28H,5-26H2,1-4H3. The van der Waals surface area contributed by atoms with Crippen molar-refractivity contribution in [1.29, 1.82) is 0 Å². The molecule has 28 heavy (non-hydrogen) atoms. The van der Waals surface area contributed by atoms with Crippen LogP contribution in [0.4, 0.5) is 0 Å². The Labute approximate surface area is 181 Å². The van der Waals surface area contributed by atoms with Crippen molar-refractivity contribution < 1.29 is 0 Å². The van der Waals surface area contributed by atoms with Gasteiger partial charge in [-0.2, -0.15) is 0 Å². The summed E-state index contributed by atoms with van der Waals surface area (Å²) >= 11 is 0. The Balaban J connectivity index is 3.25. The van der Waals surface area contributed by atoms with E-state index in [1.54, 1.807) is 0 Å². The maximum absolute atomic E-state index is 2.50. The Hall–Kier alpha value is 0. The van der Waals surface area contributed by atoms with Crippen molar-refractivity contribution in [2.24, 2.45) is 11.8 Å². The molecule has 0 aliphatic heterocycles. The molecular formula is C28H58. The van der Waals surface area contributed by atoms with Crippen molar-refractivity contribution in [3.63, 3.8) is 0 Å². The summed E-state index contributed by atoms with van der Waals surface area (Å²) in [6.45, 7) is 9.62. The van der Waals surface area contributed by atoms with E-state index in [2.05, 4.69) is 27.7 Å². The van der Waals surface area contributed by atoms with Crippen molar-refractivity contribution in [3.8, 4) is 0 Å². The van der Waals surface area contributed by atoms with E-state index >= 15 is 0 Å². The average molecular weight is 395 g/mol. The molecule has 0 aromatic carbocycles. The highest BCUT2D eigenvalue weighted by Crippen LogP contribution is 2.24. The largest absolute Gasteiger partial charge is 0.0654 e. The van der Waals surface area contributed by atoms with Gasteiger partial charge in [0.2, 0.25) is 0 Å². The molecule has 0 aliphatic carbocycles. The van der Waals surface area contributed by atoms with Crippen molar-refractivity contribution in [1.82, 2.24) is 0 Å². The molecule has 0 saturated carbocycles. The monoisotopic (exact) mass is 394 g/mol.